The Hall–Kier alpha value is -1.72. The van der Waals surface area contributed by atoms with Crippen molar-refractivity contribution in [2.45, 2.75) is 20.3 Å². The van der Waals surface area contributed by atoms with Gasteiger partial charge in [0.1, 0.15) is 5.75 Å². The molecule has 0 radical (unpaired) electrons. The lowest BCUT2D eigenvalue weighted by atomic mass is 10.1. The van der Waals surface area contributed by atoms with Crippen LogP contribution in [-0.2, 0) is 0 Å². The van der Waals surface area contributed by atoms with Gasteiger partial charge in [-0.25, -0.2) is 4.79 Å². The number of ether oxygens (including phenoxy) is 1. The van der Waals surface area contributed by atoms with E-state index in [1.54, 1.807) is 6.07 Å². The average Bonchev–Trinajstić information content (AvgIpc) is 2.52. The number of amides is 2. The smallest absolute Gasteiger partial charge is 0.319 e. The van der Waals surface area contributed by atoms with E-state index in [0.29, 0.717) is 30.3 Å². The summed E-state index contributed by atoms with van der Waals surface area (Å²) in [5.41, 5.74) is 2.96. The SMILES string of the molecule is Cc1ccc(C)c(NC(=O)NCCCOc2ccc(Br)cc2Cl)c1. The fourth-order valence-electron chi connectivity index (χ4n) is 2.09. The summed E-state index contributed by atoms with van der Waals surface area (Å²) in [5, 5.41) is 6.24. The third-order valence-corrected chi connectivity index (χ3v) is 4.19. The molecule has 0 heterocycles. The Kier molecular flexibility index (Phi) is 6.94. The van der Waals surface area contributed by atoms with Crippen molar-refractivity contribution in [1.29, 1.82) is 0 Å². The van der Waals surface area contributed by atoms with E-state index >= 15 is 0 Å². The van der Waals surface area contributed by atoms with Gasteiger partial charge in [-0.2, -0.15) is 0 Å². The van der Waals surface area contributed by atoms with Gasteiger partial charge in [-0.3, -0.25) is 0 Å². The summed E-state index contributed by atoms with van der Waals surface area (Å²) >= 11 is 9.42. The predicted molar refractivity (Wildman–Crippen MR) is 102 cm³/mol. The van der Waals surface area contributed by atoms with Crippen molar-refractivity contribution in [1.82, 2.24) is 5.32 Å². The number of carbonyl (C=O) groups is 1. The molecule has 2 N–H and O–H groups in total. The topological polar surface area (TPSA) is 50.4 Å². The van der Waals surface area contributed by atoms with Crippen LogP contribution in [0.5, 0.6) is 5.75 Å². The standard InChI is InChI=1S/C18H20BrClN2O2/c1-12-4-5-13(2)16(10-12)22-18(23)21-8-3-9-24-17-7-6-14(19)11-15(17)20/h4-7,10-11H,3,8-9H2,1-2H3,(H2,21,22,23). The highest BCUT2D eigenvalue weighted by Gasteiger charge is 2.05. The van der Waals surface area contributed by atoms with E-state index in [0.717, 1.165) is 21.3 Å². The maximum Gasteiger partial charge on any atom is 0.319 e. The lowest BCUT2D eigenvalue weighted by Crippen LogP contribution is -2.30. The fourth-order valence-corrected chi connectivity index (χ4v) is 2.81. The first-order valence-corrected chi connectivity index (χ1v) is 8.83. The molecule has 2 amide bonds. The van der Waals surface area contributed by atoms with Crippen LogP contribution in [0.25, 0.3) is 0 Å². The molecule has 128 valence electrons. The zero-order valence-corrected chi connectivity index (χ0v) is 16.0. The highest BCUT2D eigenvalue weighted by molar-refractivity contribution is 9.10. The normalized spacial score (nSPS) is 10.3. The van der Waals surface area contributed by atoms with E-state index in [2.05, 4.69) is 26.6 Å². The number of urea groups is 1. The second-order valence-corrected chi connectivity index (χ2v) is 6.80. The number of benzene rings is 2. The van der Waals surface area contributed by atoms with Crippen LogP contribution >= 0.6 is 27.5 Å². The van der Waals surface area contributed by atoms with Crippen molar-refractivity contribution in [2.75, 3.05) is 18.5 Å². The van der Waals surface area contributed by atoms with Gasteiger partial charge in [-0.05, 0) is 55.7 Å². The van der Waals surface area contributed by atoms with Gasteiger partial charge in [-0.1, -0.05) is 39.7 Å². The van der Waals surface area contributed by atoms with E-state index < -0.39 is 0 Å². The third kappa shape index (κ3) is 5.73. The monoisotopic (exact) mass is 410 g/mol. The van der Waals surface area contributed by atoms with Gasteiger partial charge in [0.25, 0.3) is 0 Å². The van der Waals surface area contributed by atoms with Crippen LogP contribution in [0.15, 0.2) is 40.9 Å². The van der Waals surface area contributed by atoms with Gasteiger partial charge in [0.05, 0.1) is 11.6 Å². The average molecular weight is 412 g/mol. The number of rotatable bonds is 6. The molecule has 2 aromatic carbocycles. The first kappa shape index (κ1) is 18.6. The molecule has 0 saturated carbocycles. The second kappa shape index (κ2) is 8.94. The Morgan fingerprint density at radius 1 is 1.21 bits per heavy atom. The van der Waals surface area contributed by atoms with Crippen molar-refractivity contribution in [3.63, 3.8) is 0 Å². The Morgan fingerprint density at radius 3 is 2.75 bits per heavy atom. The molecule has 2 aromatic rings. The Morgan fingerprint density at radius 2 is 2.00 bits per heavy atom. The summed E-state index contributed by atoms with van der Waals surface area (Å²) in [5.74, 6) is 0.639. The highest BCUT2D eigenvalue weighted by atomic mass is 79.9. The summed E-state index contributed by atoms with van der Waals surface area (Å²) in [7, 11) is 0. The number of carbonyl (C=O) groups excluding carboxylic acids is 1. The first-order valence-electron chi connectivity index (χ1n) is 7.65. The van der Waals surface area contributed by atoms with Crippen molar-refractivity contribution in [3.05, 3.63) is 57.0 Å². The van der Waals surface area contributed by atoms with Crippen molar-refractivity contribution in [3.8, 4) is 5.75 Å². The summed E-state index contributed by atoms with van der Waals surface area (Å²) in [6.45, 7) is 4.95. The molecular formula is C18H20BrClN2O2. The molecular weight excluding hydrogens is 392 g/mol. The van der Waals surface area contributed by atoms with E-state index in [9.17, 15) is 4.79 Å². The van der Waals surface area contributed by atoms with Gasteiger partial charge in [0, 0.05) is 16.7 Å². The van der Waals surface area contributed by atoms with Crippen LogP contribution in [0.3, 0.4) is 0 Å². The van der Waals surface area contributed by atoms with Crippen LogP contribution in [0, 0.1) is 13.8 Å². The Bertz CT molecular complexity index is 722. The van der Waals surface area contributed by atoms with Gasteiger partial charge in [-0.15, -0.1) is 0 Å². The molecule has 4 nitrogen and oxygen atoms in total. The highest BCUT2D eigenvalue weighted by Crippen LogP contribution is 2.27. The van der Waals surface area contributed by atoms with Crippen LogP contribution < -0.4 is 15.4 Å². The van der Waals surface area contributed by atoms with Crippen LogP contribution in [0.2, 0.25) is 5.02 Å². The number of hydrogen-bond acceptors (Lipinski definition) is 2. The van der Waals surface area contributed by atoms with E-state index in [1.807, 2.05) is 44.2 Å². The predicted octanol–water partition coefficient (Wildman–Crippen LogP) is 5.31. The van der Waals surface area contributed by atoms with E-state index in [4.69, 9.17) is 16.3 Å². The molecule has 0 atom stereocenters. The van der Waals surface area contributed by atoms with Crippen LogP contribution in [-0.4, -0.2) is 19.2 Å². The maximum atomic E-state index is 11.9. The zero-order valence-electron chi connectivity index (χ0n) is 13.7. The van der Waals surface area contributed by atoms with Crippen molar-refractivity contribution < 1.29 is 9.53 Å². The molecule has 0 spiro atoms. The summed E-state index contributed by atoms with van der Waals surface area (Å²) in [6.07, 6.45) is 0.687. The summed E-state index contributed by atoms with van der Waals surface area (Å²) in [4.78, 5) is 11.9. The Balaban J connectivity index is 1.70. The van der Waals surface area contributed by atoms with Gasteiger partial charge < -0.3 is 15.4 Å². The quantitative estimate of drug-likeness (QED) is 0.633. The number of hydrogen-bond donors (Lipinski definition) is 2. The molecule has 2 rings (SSSR count). The molecule has 0 aliphatic heterocycles. The molecule has 0 fully saturated rings. The fraction of sp³-hybridized carbons (Fsp3) is 0.278. The molecule has 0 unspecified atom stereocenters. The van der Waals surface area contributed by atoms with Crippen LogP contribution in [0.4, 0.5) is 10.5 Å². The molecule has 0 aromatic heterocycles. The molecule has 0 aliphatic carbocycles. The maximum absolute atomic E-state index is 11.9. The van der Waals surface area contributed by atoms with Crippen molar-refractivity contribution in [2.24, 2.45) is 0 Å². The molecule has 24 heavy (non-hydrogen) atoms. The van der Waals surface area contributed by atoms with E-state index in [-0.39, 0.29) is 6.03 Å². The van der Waals surface area contributed by atoms with Crippen molar-refractivity contribution >= 4 is 39.2 Å². The van der Waals surface area contributed by atoms with Gasteiger partial charge >= 0.3 is 6.03 Å². The molecule has 6 heteroatoms. The molecule has 0 aliphatic rings. The zero-order chi connectivity index (χ0) is 17.5. The number of anilines is 1. The number of nitrogens with one attached hydrogen (secondary N) is 2. The summed E-state index contributed by atoms with van der Waals surface area (Å²) < 4.78 is 6.51. The molecule has 0 bridgehead atoms. The minimum Gasteiger partial charge on any atom is -0.492 e. The minimum atomic E-state index is -0.217. The lowest BCUT2D eigenvalue weighted by molar-refractivity contribution is 0.250. The number of aryl methyl sites for hydroxylation is 2. The number of halogens is 2. The Labute approximate surface area is 155 Å². The lowest BCUT2D eigenvalue weighted by Gasteiger charge is -2.11. The second-order valence-electron chi connectivity index (χ2n) is 5.48. The largest absolute Gasteiger partial charge is 0.492 e. The summed E-state index contributed by atoms with van der Waals surface area (Å²) in [6, 6.07) is 11.2. The van der Waals surface area contributed by atoms with Gasteiger partial charge in [0.2, 0.25) is 0 Å². The molecule has 0 saturated heterocycles. The van der Waals surface area contributed by atoms with E-state index in [1.165, 1.54) is 0 Å². The third-order valence-electron chi connectivity index (χ3n) is 3.40. The first-order chi connectivity index (χ1) is 11.5. The van der Waals surface area contributed by atoms with Crippen LogP contribution in [0.1, 0.15) is 17.5 Å². The van der Waals surface area contributed by atoms with Gasteiger partial charge in [0.15, 0.2) is 0 Å². The minimum absolute atomic E-state index is 0.217.